The Labute approximate surface area is 233 Å². The molecule has 6 rings (SSSR count). The number of aryl methyl sites for hydroxylation is 1. The standard InChI is InChI=1S/C28H26Cl2N4OS2/c1-28(2,3)17-10-11-19-22(14-17)37-25-23(19)24(35)33(18-7-5-4-6-8-18)26-31-32-27(34(25)26)36-15-16-9-12-20(29)21(30)13-16/h4-9,12-13,17H,10-11,14-15H2,1-3H3/t17-/m0/s1. The number of hydrogen-bond acceptors (Lipinski definition) is 5. The monoisotopic (exact) mass is 568 g/mol. The van der Waals surface area contributed by atoms with Crippen LogP contribution in [0.1, 0.15) is 43.2 Å². The van der Waals surface area contributed by atoms with Gasteiger partial charge in [-0.2, -0.15) is 0 Å². The average Bonchev–Trinajstić information content (AvgIpc) is 3.46. The van der Waals surface area contributed by atoms with E-state index in [4.69, 9.17) is 23.2 Å². The normalized spacial score (nSPS) is 16.0. The third kappa shape index (κ3) is 4.40. The van der Waals surface area contributed by atoms with Crippen LogP contribution >= 0.6 is 46.3 Å². The lowest BCUT2D eigenvalue weighted by Gasteiger charge is -2.33. The summed E-state index contributed by atoms with van der Waals surface area (Å²) < 4.78 is 3.78. The van der Waals surface area contributed by atoms with Gasteiger partial charge in [0.25, 0.3) is 5.56 Å². The van der Waals surface area contributed by atoms with E-state index in [9.17, 15) is 4.79 Å². The van der Waals surface area contributed by atoms with Crippen LogP contribution in [0.15, 0.2) is 58.5 Å². The van der Waals surface area contributed by atoms with Crippen molar-refractivity contribution in [2.75, 3.05) is 0 Å². The van der Waals surface area contributed by atoms with Crippen molar-refractivity contribution in [3.8, 4) is 5.69 Å². The Morgan fingerprint density at radius 1 is 1.08 bits per heavy atom. The van der Waals surface area contributed by atoms with Gasteiger partial charge in [-0.15, -0.1) is 21.5 Å². The minimum absolute atomic E-state index is 0.0196. The molecule has 0 aliphatic heterocycles. The Bertz CT molecular complexity index is 1700. The van der Waals surface area contributed by atoms with E-state index in [1.54, 1.807) is 27.7 Å². The molecule has 3 aromatic heterocycles. The Morgan fingerprint density at radius 3 is 2.59 bits per heavy atom. The van der Waals surface area contributed by atoms with Gasteiger partial charge in [-0.25, -0.2) is 8.97 Å². The molecule has 1 aliphatic rings. The van der Waals surface area contributed by atoms with Gasteiger partial charge in [0.15, 0.2) is 5.16 Å². The Kier molecular flexibility index (Phi) is 6.38. The third-order valence-electron chi connectivity index (χ3n) is 7.27. The SMILES string of the molecule is CC(C)(C)[C@H]1CCc2c(sc3c2c(=O)n(-c2ccccc2)c2nnc(SCc4ccc(Cl)c(Cl)c4)n32)C1. The summed E-state index contributed by atoms with van der Waals surface area (Å²) in [6, 6.07) is 15.4. The van der Waals surface area contributed by atoms with Crippen molar-refractivity contribution >= 4 is 62.3 Å². The molecule has 1 atom stereocenters. The first-order valence-electron chi connectivity index (χ1n) is 12.3. The molecule has 0 fully saturated rings. The molecule has 0 unspecified atom stereocenters. The van der Waals surface area contributed by atoms with E-state index < -0.39 is 0 Å². The van der Waals surface area contributed by atoms with Gasteiger partial charge in [0.2, 0.25) is 5.78 Å². The summed E-state index contributed by atoms with van der Waals surface area (Å²) in [6.07, 6.45) is 3.01. The third-order valence-corrected chi connectivity index (χ3v) is 10.3. The van der Waals surface area contributed by atoms with Gasteiger partial charge in [0.05, 0.1) is 21.1 Å². The second-order valence-corrected chi connectivity index (χ2v) is 13.5. The molecule has 1 aliphatic carbocycles. The molecule has 190 valence electrons. The molecule has 2 aromatic carbocycles. The van der Waals surface area contributed by atoms with Crippen molar-refractivity contribution in [1.82, 2.24) is 19.2 Å². The zero-order valence-corrected chi connectivity index (χ0v) is 23.9. The van der Waals surface area contributed by atoms with Crippen LogP contribution in [0.25, 0.3) is 21.7 Å². The highest BCUT2D eigenvalue weighted by Crippen LogP contribution is 2.43. The van der Waals surface area contributed by atoms with E-state index >= 15 is 0 Å². The molecular formula is C28H26Cl2N4OS2. The summed E-state index contributed by atoms with van der Waals surface area (Å²) in [4.78, 5) is 16.3. The summed E-state index contributed by atoms with van der Waals surface area (Å²) in [6.45, 7) is 6.94. The predicted octanol–water partition coefficient (Wildman–Crippen LogP) is 7.85. The summed E-state index contributed by atoms with van der Waals surface area (Å²) in [7, 11) is 0. The quantitative estimate of drug-likeness (QED) is 0.207. The fraction of sp³-hybridized carbons (Fsp3) is 0.321. The highest BCUT2D eigenvalue weighted by molar-refractivity contribution is 7.98. The maximum atomic E-state index is 14.1. The molecule has 0 saturated heterocycles. The van der Waals surface area contributed by atoms with Crippen LogP contribution in [-0.4, -0.2) is 19.2 Å². The van der Waals surface area contributed by atoms with Crippen molar-refractivity contribution in [2.24, 2.45) is 11.3 Å². The molecule has 0 spiro atoms. The molecule has 0 bridgehead atoms. The van der Waals surface area contributed by atoms with Crippen LogP contribution in [0.4, 0.5) is 0 Å². The zero-order valence-electron chi connectivity index (χ0n) is 20.8. The van der Waals surface area contributed by atoms with E-state index in [1.807, 2.05) is 48.5 Å². The Balaban J connectivity index is 1.54. The molecule has 3 heterocycles. The fourth-order valence-corrected chi connectivity index (χ4v) is 7.83. The largest absolute Gasteiger partial charge is 0.268 e. The maximum absolute atomic E-state index is 14.1. The van der Waals surface area contributed by atoms with Gasteiger partial charge in [-0.3, -0.25) is 4.79 Å². The molecule has 0 amide bonds. The second-order valence-electron chi connectivity index (χ2n) is 10.6. The number of aromatic nitrogens is 4. The van der Waals surface area contributed by atoms with Crippen molar-refractivity contribution in [1.29, 1.82) is 0 Å². The highest BCUT2D eigenvalue weighted by atomic mass is 35.5. The molecule has 9 heteroatoms. The first kappa shape index (κ1) is 25.0. The van der Waals surface area contributed by atoms with E-state index in [1.165, 1.54) is 10.4 Å². The molecule has 37 heavy (non-hydrogen) atoms. The second kappa shape index (κ2) is 9.45. The Morgan fingerprint density at radius 2 is 1.86 bits per heavy atom. The van der Waals surface area contributed by atoms with Gasteiger partial charge in [0, 0.05) is 10.6 Å². The van der Waals surface area contributed by atoms with Gasteiger partial charge in [0.1, 0.15) is 4.83 Å². The van der Waals surface area contributed by atoms with Crippen LogP contribution in [0.2, 0.25) is 10.0 Å². The van der Waals surface area contributed by atoms with Crippen molar-refractivity contribution in [2.45, 2.75) is 50.9 Å². The molecule has 0 radical (unpaired) electrons. The van der Waals surface area contributed by atoms with Gasteiger partial charge < -0.3 is 0 Å². The number of hydrogen-bond donors (Lipinski definition) is 0. The van der Waals surface area contributed by atoms with Gasteiger partial charge in [-0.1, -0.05) is 80.0 Å². The van der Waals surface area contributed by atoms with Crippen molar-refractivity contribution in [3.63, 3.8) is 0 Å². The summed E-state index contributed by atoms with van der Waals surface area (Å²) in [5.41, 5.74) is 3.24. The van der Waals surface area contributed by atoms with Crippen LogP contribution in [0.3, 0.4) is 0 Å². The Hall–Kier alpha value is -2.32. The lowest BCUT2D eigenvalue weighted by Crippen LogP contribution is -2.27. The molecular weight excluding hydrogens is 543 g/mol. The summed E-state index contributed by atoms with van der Waals surface area (Å²) >= 11 is 15.7. The van der Waals surface area contributed by atoms with E-state index in [0.717, 1.165) is 45.9 Å². The van der Waals surface area contributed by atoms with Crippen LogP contribution in [0, 0.1) is 11.3 Å². The minimum Gasteiger partial charge on any atom is -0.268 e. The predicted molar refractivity (Wildman–Crippen MR) is 155 cm³/mol. The number of halogens is 2. The smallest absolute Gasteiger partial charge is 0.268 e. The number of para-hydroxylation sites is 1. The van der Waals surface area contributed by atoms with Crippen molar-refractivity contribution in [3.05, 3.63) is 84.9 Å². The first-order chi connectivity index (χ1) is 17.7. The lowest BCUT2D eigenvalue weighted by atomic mass is 9.72. The number of rotatable bonds is 4. The number of benzene rings is 2. The average molecular weight is 570 g/mol. The van der Waals surface area contributed by atoms with Crippen LogP contribution in [-0.2, 0) is 18.6 Å². The zero-order chi connectivity index (χ0) is 25.9. The van der Waals surface area contributed by atoms with E-state index in [-0.39, 0.29) is 11.0 Å². The maximum Gasteiger partial charge on any atom is 0.268 e. The van der Waals surface area contributed by atoms with Crippen LogP contribution in [0.5, 0.6) is 0 Å². The van der Waals surface area contributed by atoms with Crippen molar-refractivity contribution < 1.29 is 0 Å². The lowest BCUT2D eigenvalue weighted by molar-refractivity contribution is 0.218. The first-order valence-corrected chi connectivity index (χ1v) is 14.8. The molecule has 5 aromatic rings. The van der Waals surface area contributed by atoms with Gasteiger partial charge in [-0.05, 0) is 66.0 Å². The van der Waals surface area contributed by atoms with E-state index in [0.29, 0.717) is 27.5 Å². The van der Waals surface area contributed by atoms with Gasteiger partial charge >= 0.3 is 0 Å². The van der Waals surface area contributed by atoms with E-state index in [2.05, 4.69) is 35.4 Å². The molecule has 0 saturated carbocycles. The minimum atomic E-state index is -0.0196. The fourth-order valence-electron chi connectivity index (χ4n) is 5.16. The number of thioether (sulfide) groups is 1. The number of fused-ring (bicyclic) bond motifs is 5. The molecule has 0 N–H and O–H groups in total. The molecule has 5 nitrogen and oxygen atoms in total. The highest BCUT2D eigenvalue weighted by Gasteiger charge is 2.33. The summed E-state index contributed by atoms with van der Waals surface area (Å²) in [5, 5.41) is 11.7. The number of thiophene rings is 1. The summed E-state index contributed by atoms with van der Waals surface area (Å²) in [5.74, 6) is 1.77. The topological polar surface area (TPSA) is 52.2 Å². The van der Waals surface area contributed by atoms with Crippen LogP contribution < -0.4 is 5.56 Å². The number of nitrogens with zero attached hydrogens (tertiary/aromatic N) is 4.